The molecule has 2 aromatic rings. The van der Waals surface area contributed by atoms with Crippen LogP contribution in [0.2, 0.25) is 0 Å². The van der Waals surface area contributed by atoms with Crippen LogP contribution in [0.15, 0.2) is 4.52 Å². The molecule has 1 saturated heterocycles. The molecule has 0 aliphatic carbocycles. The standard InChI is InChI=1S/C14H22N6O2/c1-9(14-16-11(3)18-22-14)19-5-6-21-13(7-19)8-20-12(4)15-10(2)17-20/h9,13H,5-8H2,1-4H3/t9-,13-/m1/s1. The smallest absolute Gasteiger partial charge is 0.243 e. The van der Waals surface area contributed by atoms with Gasteiger partial charge in [0.2, 0.25) is 5.89 Å². The van der Waals surface area contributed by atoms with E-state index < -0.39 is 0 Å². The Labute approximate surface area is 129 Å². The summed E-state index contributed by atoms with van der Waals surface area (Å²) in [7, 11) is 0. The number of hydrogen-bond acceptors (Lipinski definition) is 7. The molecule has 2 atom stereocenters. The highest BCUT2D eigenvalue weighted by molar-refractivity contribution is 4.93. The second-order valence-electron chi connectivity index (χ2n) is 5.73. The fourth-order valence-electron chi connectivity index (χ4n) is 2.77. The van der Waals surface area contributed by atoms with Crippen molar-refractivity contribution in [1.82, 2.24) is 29.8 Å². The van der Waals surface area contributed by atoms with Crippen LogP contribution in [0.25, 0.3) is 0 Å². The molecule has 22 heavy (non-hydrogen) atoms. The van der Waals surface area contributed by atoms with Gasteiger partial charge in [0.1, 0.15) is 11.6 Å². The minimum absolute atomic E-state index is 0.0834. The normalized spacial score (nSPS) is 21.2. The van der Waals surface area contributed by atoms with E-state index in [-0.39, 0.29) is 12.1 Å². The van der Waals surface area contributed by atoms with E-state index in [0.29, 0.717) is 24.9 Å². The second kappa shape index (κ2) is 6.13. The van der Waals surface area contributed by atoms with Crippen LogP contribution in [0, 0.1) is 20.8 Å². The lowest BCUT2D eigenvalue weighted by Crippen LogP contribution is -2.45. The van der Waals surface area contributed by atoms with Crippen LogP contribution in [0.3, 0.4) is 0 Å². The number of rotatable bonds is 4. The Hall–Kier alpha value is -1.80. The zero-order valence-electron chi connectivity index (χ0n) is 13.5. The maximum absolute atomic E-state index is 5.87. The van der Waals surface area contributed by atoms with Gasteiger partial charge in [-0.3, -0.25) is 4.90 Å². The predicted octanol–water partition coefficient (Wildman–Crippen LogP) is 1.05. The first-order valence-electron chi connectivity index (χ1n) is 7.57. The Morgan fingerprint density at radius 2 is 2.05 bits per heavy atom. The van der Waals surface area contributed by atoms with Crippen molar-refractivity contribution in [2.24, 2.45) is 0 Å². The first-order valence-corrected chi connectivity index (χ1v) is 7.57. The largest absolute Gasteiger partial charge is 0.374 e. The van der Waals surface area contributed by atoms with Gasteiger partial charge in [-0.25, -0.2) is 9.67 Å². The van der Waals surface area contributed by atoms with Crippen LogP contribution >= 0.6 is 0 Å². The molecule has 8 heteroatoms. The highest BCUT2D eigenvalue weighted by Crippen LogP contribution is 2.21. The third-order valence-corrected chi connectivity index (χ3v) is 3.96. The summed E-state index contributed by atoms with van der Waals surface area (Å²) in [5.74, 6) is 3.03. The van der Waals surface area contributed by atoms with E-state index >= 15 is 0 Å². The summed E-state index contributed by atoms with van der Waals surface area (Å²) in [4.78, 5) is 11.0. The fourth-order valence-corrected chi connectivity index (χ4v) is 2.77. The van der Waals surface area contributed by atoms with Crippen molar-refractivity contribution in [3.8, 4) is 0 Å². The molecule has 0 radical (unpaired) electrons. The zero-order valence-corrected chi connectivity index (χ0v) is 13.5. The Kier molecular flexibility index (Phi) is 4.21. The van der Waals surface area contributed by atoms with Crippen molar-refractivity contribution in [3.63, 3.8) is 0 Å². The van der Waals surface area contributed by atoms with Gasteiger partial charge in [-0.15, -0.1) is 0 Å². The van der Waals surface area contributed by atoms with Gasteiger partial charge in [-0.1, -0.05) is 5.16 Å². The van der Waals surface area contributed by atoms with Crippen molar-refractivity contribution in [3.05, 3.63) is 23.4 Å². The van der Waals surface area contributed by atoms with E-state index in [9.17, 15) is 0 Å². The van der Waals surface area contributed by atoms with Crippen LogP contribution in [0.1, 0.15) is 36.3 Å². The van der Waals surface area contributed by atoms with Crippen LogP contribution in [-0.2, 0) is 11.3 Å². The maximum Gasteiger partial charge on any atom is 0.243 e. The Bertz CT molecular complexity index is 637. The van der Waals surface area contributed by atoms with Gasteiger partial charge in [0, 0.05) is 13.1 Å². The summed E-state index contributed by atoms with van der Waals surface area (Å²) < 4.78 is 13.1. The van der Waals surface area contributed by atoms with Crippen LogP contribution in [0.5, 0.6) is 0 Å². The van der Waals surface area contributed by atoms with Crippen molar-refractivity contribution >= 4 is 0 Å². The van der Waals surface area contributed by atoms with Gasteiger partial charge in [0.05, 0.1) is 25.3 Å². The van der Waals surface area contributed by atoms with Crippen molar-refractivity contribution < 1.29 is 9.26 Å². The van der Waals surface area contributed by atoms with E-state index in [0.717, 1.165) is 24.7 Å². The van der Waals surface area contributed by atoms with Gasteiger partial charge in [-0.2, -0.15) is 10.1 Å². The SMILES string of the molecule is Cc1noc([C@@H](C)N2CCO[C@@H](Cn3nc(C)nc3C)C2)n1. The van der Waals surface area contributed by atoms with E-state index in [1.807, 2.05) is 25.5 Å². The first kappa shape index (κ1) is 15.1. The highest BCUT2D eigenvalue weighted by atomic mass is 16.5. The van der Waals surface area contributed by atoms with Crippen LogP contribution < -0.4 is 0 Å². The zero-order chi connectivity index (χ0) is 15.7. The maximum atomic E-state index is 5.87. The summed E-state index contributed by atoms with van der Waals surface area (Å²) in [6.45, 7) is 10.8. The molecule has 3 rings (SSSR count). The Balaban J connectivity index is 1.65. The van der Waals surface area contributed by atoms with Crippen LogP contribution in [-0.4, -0.2) is 55.6 Å². The average molecular weight is 306 g/mol. The van der Waals surface area contributed by atoms with E-state index in [1.54, 1.807) is 0 Å². The monoisotopic (exact) mass is 306 g/mol. The van der Waals surface area contributed by atoms with Gasteiger partial charge >= 0.3 is 0 Å². The number of aromatic nitrogens is 5. The molecule has 1 fully saturated rings. The lowest BCUT2D eigenvalue weighted by molar-refractivity contribution is -0.0535. The fraction of sp³-hybridized carbons (Fsp3) is 0.714. The number of hydrogen-bond donors (Lipinski definition) is 0. The summed E-state index contributed by atoms with van der Waals surface area (Å²) in [5.41, 5.74) is 0. The molecular weight excluding hydrogens is 284 g/mol. The molecule has 8 nitrogen and oxygen atoms in total. The number of aryl methyl sites for hydroxylation is 3. The van der Waals surface area contributed by atoms with Crippen molar-refractivity contribution in [1.29, 1.82) is 0 Å². The molecule has 0 amide bonds. The lowest BCUT2D eigenvalue weighted by atomic mass is 10.2. The number of nitrogens with zero attached hydrogens (tertiary/aromatic N) is 6. The Morgan fingerprint density at radius 1 is 1.23 bits per heavy atom. The lowest BCUT2D eigenvalue weighted by Gasteiger charge is -2.35. The summed E-state index contributed by atoms with van der Waals surface area (Å²) in [5, 5.41) is 8.27. The minimum atomic E-state index is 0.0834. The van der Waals surface area contributed by atoms with E-state index in [4.69, 9.17) is 9.26 Å². The topological polar surface area (TPSA) is 82.1 Å². The third-order valence-electron chi connectivity index (χ3n) is 3.96. The molecule has 3 heterocycles. The molecule has 0 saturated carbocycles. The Morgan fingerprint density at radius 3 is 2.68 bits per heavy atom. The summed E-state index contributed by atoms with van der Waals surface area (Å²) >= 11 is 0. The van der Waals surface area contributed by atoms with E-state index in [2.05, 4.69) is 32.0 Å². The molecular formula is C14H22N6O2. The predicted molar refractivity (Wildman–Crippen MR) is 78.3 cm³/mol. The molecule has 0 bridgehead atoms. The number of morpholine rings is 1. The van der Waals surface area contributed by atoms with Gasteiger partial charge in [-0.05, 0) is 27.7 Å². The van der Waals surface area contributed by atoms with Crippen molar-refractivity contribution in [2.45, 2.75) is 46.4 Å². The van der Waals surface area contributed by atoms with Gasteiger partial charge in [0.15, 0.2) is 5.82 Å². The molecule has 0 unspecified atom stereocenters. The summed E-state index contributed by atoms with van der Waals surface area (Å²) in [6.07, 6.45) is 0.0834. The average Bonchev–Trinajstić information content (AvgIpc) is 3.05. The molecule has 1 aliphatic rings. The number of ether oxygens (including phenoxy) is 1. The van der Waals surface area contributed by atoms with Crippen molar-refractivity contribution in [2.75, 3.05) is 19.7 Å². The molecule has 0 spiro atoms. The van der Waals surface area contributed by atoms with Gasteiger partial charge in [0.25, 0.3) is 0 Å². The second-order valence-corrected chi connectivity index (χ2v) is 5.73. The molecule has 120 valence electrons. The molecule has 1 aliphatic heterocycles. The quantitative estimate of drug-likeness (QED) is 0.835. The van der Waals surface area contributed by atoms with Crippen LogP contribution in [0.4, 0.5) is 0 Å². The first-order chi connectivity index (χ1) is 10.5. The molecule has 0 aromatic carbocycles. The van der Waals surface area contributed by atoms with E-state index in [1.165, 1.54) is 0 Å². The summed E-state index contributed by atoms with van der Waals surface area (Å²) in [6, 6.07) is 0.0891. The minimum Gasteiger partial charge on any atom is -0.374 e. The third kappa shape index (κ3) is 3.17. The molecule has 0 N–H and O–H groups in total. The van der Waals surface area contributed by atoms with Gasteiger partial charge < -0.3 is 9.26 Å². The highest BCUT2D eigenvalue weighted by Gasteiger charge is 2.28. The molecule has 2 aromatic heterocycles.